The molecule has 5 nitrogen and oxygen atoms in total. The Hall–Kier alpha value is -0.940. The van der Waals surface area contributed by atoms with Gasteiger partial charge in [-0.1, -0.05) is 13.8 Å². The molecule has 2 aliphatic heterocycles. The summed E-state index contributed by atoms with van der Waals surface area (Å²) in [5, 5.41) is 1.72. The highest BCUT2D eigenvalue weighted by molar-refractivity contribution is 6.06. The fourth-order valence-electron chi connectivity index (χ4n) is 3.51. The summed E-state index contributed by atoms with van der Waals surface area (Å²) < 4.78 is 0. The van der Waals surface area contributed by atoms with Crippen molar-refractivity contribution < 1.29 is 9.59 Å². The lowest BCUT2D eigenvalue weighted by molar-refractivity contribution is -0.143. The minimum absolute atomic E-state index is 0.0369. The first-order valence-electron chi connectivity index (χ1n) is 6.69. The van der Waals surface area contributed by atoms with E-state index < -0.39 is 0 Å². The van der Waals surface area contributed by atoms with Crippen molar-refractivity contribution in [2.24, 2.45) is 23.6 Å². The van der Waals surface area contributed by atoms with Crippen molar-refractivity contribution in [3.8, 4) is 0 Å². The molecule has 4 unspecified atom stereocenters. The quantitative estimate of drug-likeness (QED) is 0.578. The average molecular weight is 253 g/mol. The Morgan fingerprint density at radius 2 is 1.56 bits per heavy atom. The Bertz CT molecular complexity index is 380. The number of amides is 2. The van der Waals surface area contributed by atoms with Crippen molar-refractivity contribution in [2.75, 3.05) is 0 Å². The van der Waals surface area contributed by atoms with Gasteiger partial charge in [0.15, 0.2) is 0 Å². The van der Waals surface area contributed by atoms with Crippen LogP contribution < -0.4 is 5.84 Å². The lowest BCUT2D eigenvalue weighted by Gasteiger charge is -2.31. The van der Waals surface area contributed by atoms with Gasteiger partial charge in [0.25, 0.3) is 0 Å². The minimum atomic E-state index is -0.266. The van der Waals surface area contributed by atoms with Gasteiger partial charge in [0.05, 0.1) is 11.8 Å². The molecule has 2 saturated heterocycles. The SMILES string of the molecule is CC(C)C1C2C(=O)N(C(C)C)C(=O)C2C(C)N1N. The molecule has 0 saturated carbocycles. The molecule has 0 aromatic carbocycles. The second-order valence-corrected chi connectivity index (χ2v) is 6.11. The van der Waals surface area contributed by atoms with Gasteiger partial charge in [-0.2, -0.15) is 0 Å². The topological polar surface area (TPSA) is 66.6 Å². The van der Waals surface area contributed by atoms with Gasteiger partial charge >= 0.3 is 0 Å². The molecule has 0 aromatic rings. The van der Waals surface area contributed by atoms with Crippen LogP contribution in [0.4, 0.5) is 0 Å². The third-order valence-corrected chi connectivity index (χ3v) is 4.33. The fraction of sp³-hybridized carbons (Fsp3) is 0.846. The van der Waals surface area contributed by atoms with Crippen LogP contribution >= 0.6 is 0 Å². The van der Waals surface area contributed by atoms with Crippen LogP contribution in [0.25, 0.3) is 0 Å². The van der Waals surface area contributed by atoms with Crippen molar-refractivity contribution in [1.29, 1.82) is 0 Å². The normalized spacial score (nSPS) is 37.2. The predicted molar refractivity (Wildman–Crippen MR) is 68.1 cm³/mol. The predicted octanol–water partition coefficient (Wildman–Crippen LogP) is 0.598. The summed E-state index contributed by atoms with van der Waals surface area (Å²) in [6.45, 7) is 9.80. The molecule has 0 spiro atoms. The van der Waals surface area contributed by atoms with Crippen LogP contribution in [0.5, 0.6) is 0 Å². The summed E-state index contributed by atoms with van der Waals surface area (Å²) in [7, 11) is 0. The van der Waals surface area contributed by atoms with Crippen LogP contribution in [0.15, 0.2) is 0 Å². The van der Waals surface area contributed by atoms with E-state index in [1.807, 2.05) is 20.8 Å². The number of rotatable bonds is 2. The lowest BCUT2D eigenvalue weighted by atomic mass is 9.85. The molecule has 102 valence electrons. The molecular weight excluding hydrogens is 230 g/mol. The van der Waals surface area contributed by atoms with Gasteiger partial charge in [-0.25, -0.2) is 5.01 Å². The first-order chi connectivity index (χ1) is 8.29. The standard InChI is InChI=1S/C13H23N3O2/c1-6(2)11-10-9(8(5)16(11)14)12(17)15(7(3)4)13(10)18/h6-11H,14H2,1-5H3. The molecule has 0 aromatic heterocycles. The van der Waals surface area contributed by atoms with Crippen molar-refractivity contribution in [3.05, 3.63) is 0 Å². The van der Waals surface area contributed by atoms with Gasteiger partial charge in [0, 0.05) is 18.1 Å². The van der Waals surface area contributed by atoms with Crippen molar-refractivity contribution in [3.63, 3.8) is 0 Å². The van der Waals surface area contributed by atoms with Crippen LogP contribution in [0, 0.1) is 17.8 Å². The zero-order valence-corrected chi connectivity index (χ0v) is 11.8. The molecule has 2 fully saturated rings. The van der Waals surface area contributed by atoms with Crippen LogP contribution in [-0.2, 0) is 9.59 Å². The second kappa shape index (κ2) is 4.31. The Morgan fingerprint density at radius 3 is 2.00 bits per heavy atom. The van der Waals surface area contributed by atoms with Crippen molar-refractivity contribution in [2.45, 2.75) is 52.7 Å². The third kappa shape index (κ3) is 1.61. The first kappa shape index (κ1) is 13.5. The lowest BCUT2D eigenvalue weighted by Crippen LogP contribution is -2.50. The van der Waals surface area contributed by atoms with E-state index >= 15 is 0 Å². The number of hydrazine groups is 1. The number of hydrogen-bond acceptors (Lipinski definition) is 4. The fourth-order valence-corrected chi connectivity index (χ4v) is 3.51. The number of nitrogens with two attached hydrogens (primary N) is 1. The van der Waals surface area contributed by atoms with E-state index in [2.05, 4.69) is 13.8 Å². The van der Waals surface area contributed by atoms with E-state index in [0.717, 1.165) is 0 Å². The van der Waals surface area contributed by atoms with Crippen LogP contribution in [0.1, 0.15) is 34.6 Å². The molecule has 0 aliphatic carbocycles. The average Bonchev–Trinajstić information content (AvgIpc) is 2.64. The highest BCUT2D eigenvalue weighted by Crippen LogP contribution is 2.43. The summed E-state index contributed by atoms with van der Waals surface area (Å²) in [6.07, 6.45) is 0. The van der Waals surface area contributed by atoms with Crippen molar-refractivity contribution in [1.82, 2.24) is 9.91 Å². The van der Waals surface area contributed by atoms with E-state index in [1.165, 1.54) is 4.90 Å². The van der Waals surface area contributed by atoms with E-state index in [0.29, 0.717) is 0 Å². The number of carbonyl (C=O) groups is 2. The molecule has 0 radical (unpaired) electrons. The highest BCUT2D eigenvalue weighted by Gasteiger charge is 2.60. The molecule has 0 bridgehead atoms. The Morgan fingerprint density at radius 1 is 1.06 bits per heavy atom. The second-order valence-electron chi connectivity index (χ2n) is 6.11. The van der Waals surface area contributed by atoms with Gasteiger partial charge in [-0.15, -0.1) is 0 Å². The van der Waals surface area contributed by atoms with Gasteiger partial charge in [-0.05, 0) is 26.7 Å². The minimum Gasteiger partial charge on any atom is -0.279 e. The summed E-state index contributed by atoms with van der Waals surface area (Å²) in [6, 6.07) is -0.172. The summed E-state index contributed by atoms with van der Waals surface area (Å²) in [5.41, 5.74) is 0. The zero-order chi connectivity index (χ0) is 13.8. The molecule has 4 atom stereocenters. The van der Waals surface area contributed by atoms with Crippen LogP contribution in [0.3, 0.4) is 0 Å². The van der Waals surface area contributed by atoms with Crippen LogP contribution in [-0.4, -0.2) is 39.8 Å². The van der Waals surface area contributed by atoms with E-state index in [4.69, 9.17) is 5.84 Å². The Kier molecular flexibility index (Phi) is 3.23. The summed E-state index contributed by atoms with van der Waals surface area (Å²) in [4.78, 5) is 26.3. The molecule has 5 heteroatoms. The van der Waals surface area contributed by atoms with Gasteiger partial charge in [0.2, 0.25) is 11.8 Å². The maximum absolute atomic E-state index is 12.5. The molecule has 2 heterocycles. The number of likely N-dealkylation sites (tertiary alicyclic amines) is 1. The monoisotopic (exact) mass is 253 g/mol. The van der Waals surface area contributed by atoms with E-state index in [-0.39, 0.29) is 47.7 Å². The molecule has 2 amide bonds. The van der Waals surface area contributed by atoms with E-state index in [1.54, 1.807) is 5.01 Å². The summed E-state index contributed by atoms with van der Waals surface area (Å²) >= 11 is 0. The molecule has 2 aliphatic rings. The number of carbonyl (C=O) groups excluding carboxylic acids is 2. The molecule has 18 heavy (non-hydrogen) atoms. The molecule has 2 rings (SSSR count). The largest absolute Gasteiger partial charge is 0.279 e. The smallest absolute Gasteiger partial charge is 0.235 e. The van der Waals surface area contributed by atoms with E-state index in [9.17, 15) is 9.59 Å². The maximum Gasteiger partial charge on any atom is 0.235 e. The highest BCUT2D eigenvalue weighted by atomic mass is 16.2. The number of imide groups is 1. The van der Waals surface area contributed by atoms with Gasteiger partial charge in [0.1, 0.15) is 0 Å². The summed E-state index contributed by atoms with van der Waals surface area (Å²) in [5.74, 6) is 5.71. The Balaban J connectivity index is 2.40. The molecular formula is C13H23N3O2. The number of hydrogen-bond donors (Lipinski definition) is 1. The van der Waals surface area contributed by atoms with Gasteiger partial charge < -0.3 is 0 Å². The Labute approximate surface area is 108 Å². The first-order valence-corrected chi connectivity index (χ1v) is 6.69. The van der Waals surface area contributed by atoms with Gasteiger partial charge in [-0.3, -0.25) is 20.3 Å². The zero-order valence-electron chi connectivity index (χ0n) is 11.8. The van der Waals surface area contributed by atoms with Crippen molar-refractivity contribution >= 4 is 11.8 Å². The van der Waals surface area contributed by atoms with Crippen LogP contribution in [0.2, 0.25) is 0 Å². The number of nitrogens with zero attached hydrogens (tertiary/aromatic N) is 2. The number of fused-ring (bicyclic) bond motifs is 1. The maximum atomic E-state index is 12.5. The molecule has 2 N–H and O–H groups in total. The third-order valence-electron chi connectivity index (χ3n) is 4.33.